The zero-order valence-corrected chi connectivity index (χ0v) is 18.6. The topological polar surface area (TPSA) is 126 Å². The minimum atomic E-state index is -4.75. The quantitative estimate of drug-likeness (QED) is 0.458. The Labute approximate surface area is 192 Å². The van der Waals surface area contributed by atoms with E-state index in [1.165, 1.54) is 12.3 Å². The van der Waals surface area contributed by atoms with E-state index in [9.17, 15) is 26.9 Å². The number of nitrogens with zero attached hydrogens (tertiary/aromatic N) is 6. The number of nitriles is 1. The maximum Gasteiger partial charge on any atom is 0.404 e. The van der Waals surface area contributed by atoms with Crippen LogP contribution >= 0.6 is 0 Å². The van der Waals surface area contributed by atoms with Crippen molar-refractivity contribution in [3.05, 3.63) is 60.0 Å². The third-order valence-corrected chi connectivity index (χ3v) is 6.48. The van der Waals surface area contributed by atoms with Gasteiger partial charge in [0.1, 0.15) is 22.7 Å². The van der Waals surface area contributed by atoms with Gasteiger partial charge in [-0.1, -0.05) is 0 Å². The van der Waals surface area contributed by atoms with Crippen LogP contribution in [0.25, 0.3) is 28.2 Å². The summed E-state index contributed by atoms with van der Waals surface area (Å²) in [6.07, 6.45) is -0.717. The highest BCUT2D eigenvalue weighted by molar-refractivity contribution is 7.89. The molecule has 1 N–H and O–H groups in total. The molecule has 0 unspecified atom stereocenters. The minimum absolute atomic E-state index is 0.195. The van der Waals surface area contributed by atoms with E-state index in [0.717, 1.165) is 17.8 Å². The number of sulfonamides is 1. The number of halogens is 3. The molecule has 0 fully saturated rings. The van der Waals surface area contributed by atoms with Crippen LogP contribution < -0.4 is 4.72 Å². The number of rotatable bonds is 5. The number of aryl methyl sites for hydroxylation is 1. The number of aromatic nitrogens is 5. The first-order valence-corrected chi connectivity index (χ1v) is 11.3. The normalized spacial score (nSPS) is 13.1. The largest absolute Gasteiger partial charge is 0.404 e. The second-order valence-electron chi connectivity index (χ2n) is 7.40. The first-order chi connectivity index (χ1) is 16.0. The minimum Gasteiger partial charge on any atom is -0.273 e. The van der Waals surface area contributed by atoms with Gasteiger partial charge in [-0.25, -0.2) is 13.4 Å². The Hall–Kier alpha value is -3.89. The third-order valence-electron chi connectivity index (χ3n) is 4.96. The molecular formula is C21H16F3N7O2S. The molecule has 0 amide bonds. The van der Waals surface area contributed by atoms with Crippen LogP contribution in [0.1, 0.15) is 18.1 Å². The van der Waals surface area contributed by atoms with E-state index < -0.39 is 27.1 Å². The van der Waals surface area contributed by atoms with Crippen molar-refractivity contribution >= 4 is 21.1 Å². The number of hydrogen-bond acceptors (Lipinski definition) is 7. The van der Waals surface area contributed by atoms with Gasteiger partial charge >= 0.3 is 6.18 Å². The maximum absolute atomic E-state index is 12.8. The van der Waals surface area contributed by atoms with E-state index in [4.69, 9.17) is 0 Å². The molecule has 0 saturated heterocycles. The fourth-order valence-electron chi connectivity index (χ4n) is 3.31. The highest BCUT2D eigenvalue weighted by atomic mass is 32.2. The summed E-state index contributed by atoms with van der Waals surface area (Å²) >= 11 is 0. The number of hydrogen-bond donors (Lipinski definition) is 1. The fraction of sp³-hybridized carbons (Fsp3) is 0.190. The van der Waals surface area contributed by atoms with Crippen LogP contribution in [-0.4, -0.2) is 45.4 Å². The van der Waals surface area contributed by atoms with E-state index in [2.05, 4.69) is 26.2 Å². The molecule has 0 aliphatic carbocycles. The summed E-state index contributed by atoms with van der Waals surface area (Å²) in [6, 6.07) is 7.36. The molecule has 0 aliphatic rings. The van der Waals surface area contributed by atoms with Crippen molar-refractivity contribution in [3.8, 4) is 23.3 Å². The van der Waals surface area contributed by atoms with E-state index >= 15 is 0 Å². The molecule has 4 aromatic heterocycles. The van der Waals surface area contributed by atoms with Crippen molar-refractivity contribution in [1.82, 2.24) is 29.5 Å². The van der Waals surface area contributed by atoms with Gasteiger partial charge in [0.2, 0.25) is 10.0 Å². The van der Waals surface area contributed by atoms with Gasteiger partial charge in [-0.15, -0.1) is 5.10 Å². The van der Waals surface area contributed by atoms with Crippen molar-refractivity contribution in [2.75, 3.05) is 0 Å². The van der Waals surface area contributed by atoms with Crippen molar-refractivity contribution in [2.24, 2.45) is 0 Å². The van der Waals surface area contributed by atoms with Gasteiger partial charge in [-0.2, -0.15) is 28.3 Å². The molecule has 4 heterocycles. The van der Waals surface area contributed by atoms with Gasteiger partial charge in [0.05, 0.1) is 17.0 Å². The Morgan fingerprint density at radius 2 is 1.94 bits per heavy atom. The fourth-order valence-corrected chi connectivity index (χ4v) is 4.48. The van der Waals surface area contributed by atoms with E-state index in [1.54, 1.807) is 33.7 Å². The van der Waals surface area contributed by atoms with Gasteiger partial charge in [0.25, 0.3) is 0 Å². The second kappa shape index (κ2) is 8.47. The standard InChI is InChI=1S/C21H16F3N7O2S/c1-12-8-15-16(9-25)19(31(20(15)27-10-12)18-4-3-7-28-29-18)17-6-5-14(11-26-17)34(32,33)30-13(2)21(22,23)24/h3-8,10-11,13,30H,1-2H3/t13-/m0/s1. The van der Waals surface area contributed by atoms with Crippen molar-refractivity contribution < 1.29 is 21.6 Å². The van der Waals surface area contributed by atoms with Gasteiger partial charge < -0.3 is 0 Å². The number of pyridine rings is 2. The lowest BCUT2D eigenvalue weighted by atomic mass is 10.1. The lowest BCUT2D eigenvalue weighted by Crippen LogP contribution is -2.42. The van der Waals surface area contributed by atoms with Gasteiger partial charge in [-0.3, -0.25) is 9.55 Å². The van der Waals surface area contributed by atoms with Crippen molar-refractivity contribution in [2.45, 2.75) is 31.0 Å². The van der Waals surface area contributed by atoms with Crippen LogP contribution in [0.3, 0.4) is 0 Å². The molecule has 4 rings (SSSR count). The van der Waals surface area contributed by atoms with Crippen LogP contribution in [0, 0.1) is 18.3 Å². The first-order valence-electron chi connectivity index (χ1n) is 9.77. The van der Waals surface area contributed by atoms with Crippen LogP contribution in [0.4, 0.5) is 13.2 Å². The van der Waals surface area contributed by atoms with E-state index in [1.807, 2.05) is 6.92 Å². The van der Waals surface area contributed by atoms with Gasteiger partial charge in [-0.05, 0) is 49.7 Å². The smallest absolute Gasteiger partial charge is 0.273 e. The Bertz CT molecular complexity index is 1510. The Morgan fingerprint density at radius 1 is 1.18 bits per heavy atom. The maximum atomic E-state index is 12.8. The molecule has 4 aromatic rings. The first kappa shape index (κ1) is 23.3. The second-order valence-corrected chi connectivity index (χ2v) is 9.11. The van der Waals surface area contributed by atoms with Gasteiger partial charge in [0.15, 0.2) is 5.82 Å². The highest BCUT2D eigenvalue weighted by Crippen LogP contribution is 2.34. The van der Waals surface area contributed by atoms with Crippen LogP contribution in [0.2, 0.25) is 0 Å². The summed E-state index contributed by atoms with van der Waals surface area (Å²) in [7, 11) is -4.49. The molecule has 0 radical (unpaired) electrons. The average Bonchev–Trinajstić information content (AvgIpc) is 3.12. The SMILES string of the molecule is Cc1cnc2c(c1)c(C#N)c(-c1ccc(S(=O)(=O)N[C@@H](C)C(F)(F)F)cn1)n2-c1cccnn1. The lowest BCUT2D eigenvalue weighted by Gasteiger charge is -2.17. The Balaban J connectivity index is 1.87. The molecule has 34 heavy (non-hydrogen) atoms. The summed E-state index contributed by atoms with van der Waals surface area (Å²) in [4.78, 5) is 8.12. The molecule has 13 heteroatoms. The van der Waals surface area contributed by atoms with Crippen LogP contribution in [-0.2, 0) is 10.0 Å². The Morgan fingerprint density at radius 3 is 2.53 bits per heavy atom. The van der Waals surface area contributed by atoms with Crippen molar-refractivity contribution in [1.29, 1.82) is 5.26 Å². The molecule has 0 aliphatic heterocycles. The molecule has 0 bridgehead atoms. The monoisotopic (exact) mass is 487 g/mol. The zero-order chi connectivity index (χ0) is 24.7. The number of fused-ring (bicyclic) bond motifs is 1. The third kappa shape index (κ3) is 4.20. The average molecular weight is 487 g/mol. The molecule has 0 aromatic carbocycles. The van der Waals surface area contributed by atoms with Crippen LogP contribution in [0.5, 0.6) is 0 Å². The van der Waals surface area contributed by atoms with E-state index in [0.29, 0.717) is 23.8 Å². The molecule has 0 saturated carbocycles. The summed E-state index contributed by atoms with van der Waals surface area (Å²) < 4.78 is 66.4. The number of nitrogens with one attached hydrogen (secondary N) is 1. The predicted octanol–water partition coefficient (Wildman–Crippen LogP) is 3.29. The lowest BCUT2D eigenvalue weighted by molar-refractivity contribution is -0.147. The molecule has 0 spiro atoms. The highest BCUT2D eigenvalue weighted by Gasteiger charge is 2.39. The van der Waals surface area contributed by atoms with E-state index in [-0.39, 0.29) is 17.0 Å². The summed E-state index contributed by atoms with van der Waals surface area (Å²) in [5, 5.41) is 18.4. The molecule has 1 atom stereocenters. The molecular weight excluding hydrogens is 471 g/mol. The summed E-state index contributed by atoms with van der Waals surface area (Å²) in [5.74, 6) is 0.347. The van der Waals surface area contributed by atoms with Crippen molar-refractivity contribution in [3.63, 3.8) is 0 Å². The predicted molar refractivity (Wildman–Crippen MR) is 115 cm³/mol. The Kier molecular flexibility index (Phi) is 5.80. The summed E-state index contributed by atoms with van der Waals surface area (Å²) in [6.45, 7) is 2.52. The van der Waals surface area contributed by atoms with Crippen LogP contribution in [0.15, 0.2) is 53.8 Å². The summed E-state index contributed by atoms with van der Waals surface area (Å²) in [5.41, 5.74) is 1.93. The molecule has 174 valence electrons. The molecule has 9 nitrogen and oxygen atoms in total. The zero-order valence-electron chi connectivity index (χ0n) is 17.7. The number of alkyl halides is 3. The van der Waals surface area contributed by atoms with Gasteiger partial charge in [0, 0.05) is 24.0 Å².